The Morgan fingerprint density at radius 1 is 0.688 bits per heavy atom. The molecular weight excluding hydrogens is 404 g/mol. The third kappa shape index (κ3) is 5.72. The Hall–Kier alpha value is -1.02. The van der Waals surface area contributed by atoms with E-state index in [1.807, 2.05) is 61.5 Å². The molecule has 1 aromatic carbocycles. The van der Waals surface area contributed by atoms with Gasteiger partial charge in [0.15, 0.2) is 0 Å². The molecule has 0 aliphatic carbocycles. The molecule has 0 amide bonds. The van der Waals surface area contributed by atoms with Crippen LogP contribution in [0.3, 0.4) is 0 Å². The lowest BCUT2D eigenvalue weighted by molar-refractivity contribution is -0.0868. The molecule has 0 unspecified atom stereocenters. The van der Waals surface area contributed by atoms with Crippen LogP contribution in [0.5, 0.6) is 0 Å². The van der Waals surface area contributed by atoms with Crippen molar-refractivity contribution in [2.75, 3.05) is 0 Å². The van der Waals surface area contributed by atoms with Gasteiger partial charge in [-0.2, -0.15) is 0 Å². The second-order valence-electron chi connectivity index (χ2n) is 12.3. The lowest BCUT2D eigenvalue weighted by atomic mass is 9.80. The molecule has 2 fully saturated rings. The normalized spacial score (nSPS) is 26.3. The van der Waals surface area contributed by atoms with Crippen LogP contribution in [-0.2, 0) is 22.7 Å². The molecule has 0 spiro atoms. The fourth-order valence-corrected chi connectivity index (χ4v) is 5.82. The van der Waals surface area contributed by atoms with E-state index < -0.39 is 22.2 Å². The van der Waals surface area contributed by atoms with Crippen molar-refractivity contribution in [3.8, 4) is 0 Å². The van der Waals surface area contributed by atoms with E-state index in [9.17, 15) is 10.4 Å². The second-order valence-corrected chi connectivity index (χ2v) is 12.3. The largest absolute Gasteiger partial charge is 0.784 e. The van der Waals surface area contributed by atoms with Gasteiger partial charge in [-0.1, -0.05) is 24.3 Å². The number of nitrogens with zero attached hydrogens (tertiary/aromatic N) is 2. The van der Waals surface area contributed by atoms with Crippen molar-refractivity contribution < 1.29 is 9.47 Å². The number of hydrogen-bond donors (Lipinski definition) is 0. The molecule has 0 N–H and O–H groups in total. The first-order valence-corrected chi connectivity index (χ1v) is 11.9. The summed E-state index contributed by atoms with van der Waals surface area (Å²) in [5.74, 6) is 0. The lowest BCUT2D eigenvalue weighted by Crippen LogP contribution is -2.59. The Balaban J connectivity index is 1.56. The van der Waals surface area contributed by atoms with E-state index in [0.29, 0.717) is 13.2 Å². The molecule has 2 saturated heterocycles. The van der Waals surface area contributed by atoms with Gasteiger partial charge in [-0.05, 0) is 92.2 Å². The summed E-state index contributed by atoms with van der Waals surface area (Å²) in [5, 5.41) is 27.6. The van der Waals surface area contributed by atoms with Crippen LogP contribution in [0.4, 0.5) is 0 Å². The standard InChI is InChI=1S/C26H42N2O4/c1-23(2)13-21(14-24(3,4)27(23)29)31-17-19-10-9-11-20(12-19)18-32-22-15-25(5,6)28(30)26(7,8)16-22/h9-12,21-22H,13-18H2,1-8H3/q-2. The zero-order valence-electron chi connectivity index (χ0n) is 21.2. The van der Waals surface area contributed by atoms with Gasteiger partial charge in [0.2, 0.25) is 0 Å². The topological polar surface area (TPSA) is 71.1 Å². The van der Waals surface area contributed by atoms with E-state index in [0.717, 1.165) is 36.8 Å². The number of piperidine rings is 2. The van der Waals surface area contributed by atoms with E-state index >= 15 is 0 Å². The van der Waals surface area contributed by atoms with Crippen LogP contribution in [0, 0.1) is 10.4 Å². The lowest BCUT2D eigenvalue weighted by Gasteiger charge is -2.59. The first kappa shape index (κ1) is 25.6. The van der Waals surface area contributed by atoms with Crippen molar-refractivity contribution in [3.05, 3.63) is 45.8 Å². The van der Waals surface area contributed by atoms with Gasteiger partial charge in [-0.15, -0.1) is 0 Å². The SMILES string of the molecule is CC1(C)CC(OCc2cccc(COC3CC(C)(C)N([O-])C(C)(C)C3)c2)CC(C)(C)N1[O-]. The minimum absolute atomic E-state index is 0.0619. The molecular formula is C26H42N2O4-2. The smallest absolute Gasteiger partial charge is 0.0720 e. The zero-order valence-corrected chi connectivity index (χ0v) is 21.2. The van der Waals surface area contributed by atoms with E-state index in [2.05, 4.69) is 18.2 Å². The van der Waals surface area contributed by atoms with Crippen molar-refractivity contribution in [2.45, 2.75) is 129 Å². The molecule has 182 valence electrons. The quantitative estimate of drug-likeness (QED) is 0.553. The van der Waals surface area contributed by atoms with Crippen molar-refractivity contribution >= 4 is 0 Å². The Labute approximate surface area is 194 Å². The van der Waals surface area contributed by atoms with Crippen LogP contribution in [0.2, 0.25) is 0 Å². The van der Waals surface area contributed by atoms with Crippen LogP contribution in [-0.4, -0.2) is 44.5 Å². The number of hydroxylamine groups is 4. The molecule has 2 aliphatic heterocycles. The third-order valence-electron chi connectivity index (χ3n) is 7.07. The maximum atomic E-state index is 12.6. The maximum absolute atomic E-state index is 12.6. The van der Waals surface area contributed by atoms with Gasteiger partial charge in [0.25, 0.3) is 0 Å². The predicted molar refractivity (Wildman–Crippen MR) is 129 cm³/mol. The van der Waals surface area contributed by atoms with Gasteiger partial charge in [0.1, 0.15) is 0 Å². The second kappa shape index (κ2) is 8.97. The summed E-state index contributed by atoms with van der Waals surface area (Å²) in [4.78, 5) is 0. The summed E-state index contributed by atoms with van der Waals surface area (Å²) in [5.41, 5.74) is 0.516. The minimum atomic E-state index is -0.427. The van der Waals surface area contributed by atoms with Crippen LogP contribution in [0.1, 0.15) is 92.2 Å². The minimum Gasteiger partial charge on any atom is -0.784 e. The Morgan fingerprint density at radius 3 is 1.31 bits per heavy atom. The highest BCUT2D eigenvalue weighted by molar-refractivity contribution is 5.22. The predicted octanol–water partition coefficient (Wildman–Crippen LogP) is 5.76. The molecule has 1 aromatic rings. The Kier molecular flexibility index (Phi) is 7.18. The molecule has 0 bridgehead atoms. The van der Waals surface area contributed by atoms with Gasteiger partial charge in [0, 0.05) is 22.2 Å². The summed E-state index contributed by atoms with van der Waals surface area (Å²) < 4.78 is 12.5. The van der Waals surface area contributed by atoms with Gasteiger partial charge >= 0.3 is 0 Å². The Morgan fingerprint density at radius 2 is 1.00 bits per heavy atom. The van der Waals surface area contributed by atoms with Gasteiger partial charge in [-0.3, -0.25) is 0 Å². The van der Waals surface area contributed by atoms with Gasteiger partial charge in [-0.25, -0.2) is 0 Å². The van der Waals surface area contributed by atoms with E-state index in [-0.39, 0.29) is 12.2 Å². The average molecular weight is 447 g/mol. The van der Waals surface area contributed by atoms with Crippen molar-refractivity contribution in [1.82, 2.24) is 10.1 Å². The first-order chi connectivity index (χ1) is 14.6. The van der Waals surface area contributed by atoms with Crippen LogP contribution in [0.25, 0.3) is 0 Å². The molecule has 6 heteroatoms. The molecule has 3 rings (SSSR count). The maximum Gasteiger partial charge on any atom is 0.0720 e. The zero-order chi connectivity index (χ0) is 23.9. The summed E-state index contributed by atoms with van der Waals surface area (Å²) in [7, 11) is 0. The summed E-state index contributed by atoms with van der Waals surface area (Å²) in [6.45, 7) is 17.0. The van der Waals surface area contributed by atoms with Crippen LogP contribution >= 0.6 is 0 Å². The highest BCUT2D eigenvalue weighted by Crippen LogP contribution is 2.40. The van der Waals surface area contributed by atoms with Crippen LogP contribution in [0.15, 0.2) is 24.3 Å². The number of ether oxygens (including phenoxy) is 2. The highest BCUT2D eigenvalue weighted by Gasteiger charge is 2.41. The van der Waals surface area contributed by atoms with Gasteiger partial charge < -0.3 is 30.0 Å². The van der Waals surface area contributed by atoms with Crippen molar-refractivity contribution in [1.29, 1.82) is 0 Å². The average Bonchev–Trinajstić information content (AvgIpc) is 2.66. The molecule has 2 heterocycles. The monoisotopic (exact) mass is 446 g/mol. The fourth-order valence-electron chi connectivity index (χ4n) is 5.82. The van der Waals surface area contributed by atoms with Gasteiger partial charge in [0.05, 0.1) is 25.4 Å². The molecule has 0 atom stereocenters. The van der Waals surface area contributed by atoms with E-state index in [1.54, 1.807) is 0 Å². The third-order valence-corrected chi connectivity index (χ3v) is 7.07. The summed E-state index contributed by atoms with van der Waals surface area (Å²) >= 11 is 0. The molecule has 0 saturated carbocycles. The Bertz CT molecular complexity index is 693. The van der Waals surface area contributed by atoms with Crippen molar-refractivity contribution in [3.63, 3.8) is 0 Å². The summed E-state index contributed by atoms with van der Waals surface area (Å²) in [6.07, 6.45) is 3.04. The molecule has 0 radical (unpaired) electrons. The molecule has 0 aromatic heterocycles. The molecule has 32 heavy (non-hydrogen) atoms. The number of benzene rings is 1. The first-order valence-electron chi connectivity index (χ1n) is 11.9. The number of hydrogen-bond acceptors (Lipinski definition) is 6. The molecule has 2 aliphatic rings. The van der Waals surface area contributed by atoms with E-state index in [4.69, 9.17) is 9.47 Å². The molecule has 6 nitrogen and oxygen atoms in total. The number of rotatable bonds is 6. The van der Waals surface area contributed by atoms with E-state index in [1.165, 1.54) is 10.1 Å². The fraction of sp³-hybridized carbons (Fsp3) is 0.769. The summed E-state index contributed by atoms with van der Waals surface area (Å²) in [6, 6.07) is 8.33. The van der Waals surface area contributed by atoms with Crippen molar-refractivity contribution in [2.24, 2.45) is 0 Å². The van der Waals surface area contributed by atoms with Crippen LogP contribution < -0.4 is 0 Å². The highest BCUT2D eigenvalue weighted by atomic mass is 16.5.